The van der Waals surface area contributed by atoms with Crippen molar-refractivity contribution in [1.82, 2.24) is 14.9 Å². The molecule has 0 aliphatic heterocycles. The van der Waals surface area contributed by atoms with Crippen molar-refractivity contribution in [3.05, 3.63) is 23.8 Å². The first-order chi connectivity index (χ1) is 12.3. The van der Waals surface area contributed by atoms with Crippen molar-refractivity contribution in [2.75, 3.05) is 26.7 Å². The lowest BCUT2D eigenvalue weighted by atomic mass is 10.2. The Bertz CT molecular complexity index is 771. The molecule has 0 saturated heterocycles. The van der Waals surface area contributed by atoms with Gasteiger partial charge in [0.1, 0.15) is 10.6 Å². The minimum Gasteiger partial charge on any atom is -0.495 e. The van der Waals surface area contributed by atoms with Gasteiger partial charge < -0.3 is 15.4 Å². The maximum absolute atomic E-state index is 12.8. The van der Waals surface area contributed by atoms with Crippen LogP contribution in [0.5, 0.6) is 5.75 Å². The summed E-state index contributed by atoms with van der Waals surface area (Å²) >= 11 is 0. The average molecular weight is 383 g/mol. The molecule has 0 bridgehead atoms. The number of hydrogen-bond donors (Lipinski definition) is 2. The Morgan fingerprint density at radius 1 is 1.23 bits per heavy atom. The van der Waals surface area contributed by atoms with Crippen molar-refractivity contribution in [1.29, 1.82) is 0 Å². The van der Waals surface area contributed by atoms with Crippen LogP contribution in [0.15, 0.2) is 23.1 Å². The van der Waals surface area contributed by atoms with Gasteiger partial charge in [-0.25, -0.2) is 8.42 Å². The zero-order chi connectivity index (χ0) is 19.3. The minimum absolute atomic E-state index is 0.0706. The molecule has 1 aromatic carbocycles. The van der Waals surface area contributed by atoms with Gasteiger partial charge in [0.25, 0.3) is 5.91 Å². The van der Waals surface area contributed by atoms with E-state index in [2.05, 4.69) is 10.6 Å². The van der Waals surface area contributed by atoms with Crippen LogP contribution in [0.1, 0.15) is 37.0 Å². The Kier molecular flexibility index (Phi) is 6.60. The summed E-state index contributed by atoms with van der Waals surface area (Å²) in [4.78, 5) is 23.9. The summed E-state index contributed by atoms with van der Waals surface area (Å²) < 4.78 is 32.0. The van der Waals surface area contributed by atoms with E-state index in [1.165, 1.54) is 29.6 Å². The number of ether oxygens (including phenoxy) is 1. The number of amides is 2. The molecule has 1 saturated carbocycles. The number of benzene rings is 1. The summed E-state index contributed by atoms with van der Waals surface area (Å²) in [5.41, 5.74) is 0.149. The van der Waals surface area contributed by atoms with Crippen LogP contribution in [0.2, 0.25) is 0 Å². The van der Waals surface area contributed by atoms with Crippen LogP contribution < -0.4 is 15.4 Å². The molecule has 2 amide bonds. The molecule has 0 heterocycles. The van der Waals surface area contributed by atoms with Gasteiger partial charge in [-0.05, 0) is 31.0 Å². The van der Waals surface area contributed by atoms with Gasteiger partial charge in [0.05, 0.1) is 13.7 Å². The summed E-state index contributed by atoms with van der Waals surface area (Å²) in [6, 6.07) is 4.40. The van der Waals surface area contributed by atoms with E-state index >= 15 is 0 Å². The number of sulfonamides is 1. The molecule has 0 radical (unpaired) electrons. The van der Waals surface area contributed by atoms with Gasteiger partial charge in [0.15, 0.2) is 0 Å². The highest BCUT2D eigenvalue weighted by atomic mass is 32.2. The van der Waals surface area contributed by atoms with E-state index in [0.717, 1.165) is 12.8 Å². The van der Waals surface area contributed by atoms with Crippen LogP contribution in [-0.4, -0.2) is 57.3 Å². The van der Waals surface area contributed by atoms with Crippen molar-refractivity contribution in [3.8, 4) is 5.75 Å². The fraction of sp³-hybridized carbons (Fsp3) is 0.529. The monoisotopic (exact) mass is 383 g/mol. The van der Waals surface area contributed by atoms with E-state index in [0.29, 0.717) is 13.1 Å². The molecule has 2 rings (SSSR count). The Morgan fingerprint density at radius 2 is 1.88 bits per heavy atom. The second-order valence-electron chi connectivity index (χ2n) is 5.98. The Labute approximate surface area is 153 Å². The van der Waals surface area contributed by atoms with E-state index in [-0.39, 0.29) is 34.7 Å². The van der Waals surface area contributed by atoms with Gasteiger partial charge in [-0.3, -0.25) is 9.59 Å². The smallest absolute Gasteiger partial charge is 0.251 e. The summed E-state index contributed by atoms with van der Waals surface area (Å²) in [5, 5.41) is 5.27. The third-order valence-corrected chi connectivity index (χ3v) is 6.17. The summed E-state index contributed by atoms with van der Waals surface area (Å²) in [7, 11) is -2.42. The van der Waals surface area contributed by atoms with E-state index in [4.69, 9.17) is 4.74 Å². The van der Waals surface area contributed by atoms with Crippen molar-refractivity contribution in [3.63, 3.8) is 0 Å². The highest BCUT2D eigenvalue weighted by molar-refractivity contribution is 7.89. The molecule has 0 aromatic heterocycles. The largest absolute Gasteiger partial charge is 0.495 e. The van der Waals surface area contributed by atoms with Crippen LogP contribution in [0, 0.1) is 0 Å². The Morgan fingerprint density at radius 3 is 2.42 bits per heavy atom. The quantitative estimate of drug-likeness (QED) is 0.654. The highest BCUT2D eigenvalue weighted by Gasteiger charge is 2.27. The molecule has 2 N–H and O–H groups in total. The Hall–Kier alpha value is -2.13. The summed E-state index contributed by atoms with van der Waals surface area (Å²) in [6.07, 6.45) is 1.93. The SMILES string of the molecule is CCN(CC)S(=O)(=O)c1cc(C(=O)NCC(=O)NC2CC2)ccc1OC. The molecule has 26 heavy (non-hydrogen) atoms. The zero-order valence-corrected chi connectivity index (χ0v) is 16.1. The Balaban J connectivity index is 2.19. The predicted molar refractivity (Wildman–Crippen MR) is 96.6 cm³/mol. The number of methoxy groups -OCH3 is 1. The van der Waals surface area contributed by atoms with Gasteiger partial charge in [-0.1, -0.05) is 13.8 Å². The molecule has 1 aliphatic rings. The van der Waals surface area contributed by atoms with Crippen LogP contribution >= 0.6 is 0 Å². The lowest BCUT2D eigenvalue weighted by Crippen LogP contribution is -2.38. The highest BCUT2D eigenvalue weighted by Crippen LogP contribution is 2.27. The van der Waals surface area contributed by atoms with Gasteiger partial charge >= 0.3 is 0 Å². The fourth-order valence-corrected chi connectivity index (χ4v) is 4.13. The average Bonchev–Trinajstić information content (AvgIpc) is 3.43. The van der Waals surface area contributed by atoms with E-state index in [9.17, 15) is 18.0 Å². The molecular formula is C17H25N3O5S. The van der Waals surface area contributed by atoms with Crippen molar-refractivity contribution >= 4 is 21.8 Å². The lowest BCUT2D eigenvalue weighted by molar-refractivity contribution is -0.120. The molecule has 1 aliphatic carbocycles. The van der Waals surface area contributed by atoms with Crippen LogP contribution in [0.4, 0.5) is 0 Å². The third kappa shape index (κ3) is 4.73. The molecule has 144 valence electrons. The summed E-state index contributed by atoms with van der Waals surface area (Å²) in [5.74, 6) is -0.611. The number of rotatable bonds is 9. The normalized spacial score (nSPS) is 14.2. The number of carbonyl (C=O) groups is 2. The number of nitrogens with zero attached hydrogens (tertiary/aromatic N) is 1. The molecule has 1 aromatic rings. The van der Waals surface area contributed by atoms with Crippen LogP contribution in [0.3, 0.4) is 0 Å². The zero-order valence-electron chi connectivity index (χ0n) is 15.2. The first kappa shape index (κ1) is 20.2. The van der Waals surface area contributed by atoms with E-state index in [1.54, 1.807) is 13.8 Å². The molecule has 0 spiro atoms. The lowest BCUT2D eigenvalue weighted by Gasteiger charge is -2.20. The van der Waals surface area contributed by atoms with Crippen molar-refractivity contribution in [2.24, 2.45) is 0 Å². The topological polar surface area (TPSA) is 105 Å². The first-order valence-electron chi connectivity index (χ1n) is 8.59. The van der Waals surface area contributed by atoms with Crippen LogP contribution in [-0.2, 0) is 14.8 Å². The van der Waals surface area contributed by atoms with Crippen LogP contribution in [0.25, 0.3) is 0 Å². The number of nitrogens with one attached hydrogen (secondary N) is 2. The maximum atomic E-state index is 12.8. The molecule has 0 unspecified atom stereocenters. The second kappa shape index (κ2) is 8.50. The number of carbonyl (C=O) groups excluding carboxylic acids is 2. The maximum Gasteiger partial charge on any atom is 0.251 e. The first-order valence-corrected chi connectivity index (χ1v) is 10.0. The standard InChI is InChI=1S/C17H25N3O5S/c1-4-20(5-2)26(23,24)15-10-12(6-9-14(15)25-3)17(22)18-11-16(21)19-13-7-8-13/h6,9-10,13H,4-5,7-8,11H2,1-3H3,(H,18,22)(H,19,21). The van der Waals surface area contributed by atoms with Gasteiger partial charge in [0.2, 0.25) is 15.9 Å². The van der Waals surface area contributed by atoms with E-state index in [1.807, 2.05) is 0 Å². The summed E-state index contributed by atoms with van der Waals surface area (Å²) in [6.45, 7) is 3.93. The molecular weight excluding hydrogens is 358 g/mol. The molecule has 9 heteroatoms. The number of hydrogen-bond acceptors (Lipinski definition) is 5. The molecule has 1 fully saturated rings. The van der Waals surface area contributed by atoms with Crippen molar-refractivity contribution in [2.45, 2.75) is 37.6 Å². The van der Waals surface area contributed by atoms with Gasteiger partial charge in [-0.2, -0.15) is 4.31 Å². The third-order valence-electron chi connectivity index (χ3n) is 4.10. The second-order valence-corrected chi connectivity index (χ2v) is 7.89. The van der Waals surface area contributed by atoms with Crippen molar-refractivity contribution < 1.29 is 22.7 Å². The predicted octanol–water partition coefficient (Wildman–Crippen LogP) is 0.734. The van der Waals surface area contributed by atoms with E-state index < -0.39 is 15.9 Å². The van der Waals surface area contributed by atoms with Gasteiger partial charge in [0, 0.05) is 24.7 Å². The molecule has 0 atom stereocenters. The fourth-order valence-electron chi connectivity index (χ4n) is 2.49. The van der Waals surface area contributed by atoms with Gasteiger partial charge in [-0.15, -0.1) is 0 Å². The minimum atomic E-state index is -3.79. The molecule has 8 nitrogen and oxygen atoms in total.